The summed E-state index contributed by atoms with van der Waals surface area (Å²) in [5.74, 6) is 0.535. The molecular formula is C24H31N5O. The zero-order chi connectivity index (χ0) is 20.3. The second-order valence-electron chi connectivity index (χ2n) is 9.81. The molecule has 0 saturated carbocycles. The highest BCUT2D eigenvalue weighted by molar-refractivity contribution is 5.94. The molecule has 0 radical (unpaired) electrons. The highest BCUT2D eigenvalue weighted by Crippen LogP contribution is 2.43. The minimum atomic E-state index is -0.0484. The quantitative estimate of drug-likeness (QED) is 0.843. The van der Waals surface area contributed by atoms with E-state index in [1.54, 1.807) is 0 Å². The van der Waals surface area contributed by atoms with Gasteiger partial charge < -0.3 is 15.1 Å². The summed E-state index contributed by atoms with van der Waals surface area (Å²) in [6.07, 6.45) is 4.31. The molecule has 0 spiro atoms. The Hall–Kier alpha value is -2.18. The molecule has 5 aliphatic rings. The Morgan fingerprint density at radius 2 is 1.77 bits per heavy atom. The van der Waals surface area contributed by atoms with Gasteiger partial charge in [0.2, 0.25) is 0 Å². The number of piperidine rings is 2. The first-order valence-corrected chi connectivity index (χ1v) is 11.5. The van der Waals surface area contributed by atoms with Crippen LogP contribution in [0.2, 0.25) is 0 Å². The molecule has 6 heteroatoms. The molecule has 4 saturated heterocycles. The van der Waals surface area contributed by atoms with Crippen LogP contribution in [0.25, 0.3) is 0 Å². The van der Waals surface area contributed by atoms with Crippen LogP contribution >= 0.6 is 0 Å². The number of hydrogen-bond acceptors (Lipinski definition) is 4. The molecule has 3 atom stereocenters. The molecule has 1 amide bonds. The third-order valence-corrected chi connectivity index (χ3v) is 7.97. The number of amides is 1. The third-order valence-electron chi connectivity index (χ3n) is 7.97. The molecule has 3 unspecified atom stereocenters. The summed E-state index contributed by atoms with van der Waals surface area (Å²) in [4.78, 5) is 18.9. The van der Waals surface area contributed by atoms with Gasteiger partial charge in [0, 0.05) is 69.3 Å². The van der Waals surface area contributed by atoms with Crippen molar-refractivity contribution in [2.24, 2.45) is 13.0 Å². The summed E-state index contributed by atoms with van der Waals surface area (Å²) in [5.41, 5.74) is 4.42. The van der Waals surface area contributed by atoms with Crippen molar-refractivity contribution in [3.05, 3.63) is 52.8 Å². The van der Waals surface area contributed by atoms with Crippen molar-refractivity contribution in [3.63, 3.8) is 0 Å². The van der Waals surface area contributed by atoms with Crippen molar-refractivity contribution in [2.45, 2.75) is 37.1 Å². The van der Waals surface area contributed by atoms with Gasteiger partial charge in [-0.1, -0.05) is 30.3 Å². The fourth-order valence-electron chi connectivity index (χ4n) is 6.74. The smallest absolute Gasteiger partial charge is 0.270 e. The number of carbonyl (C=O) groups excluding carboxylic acids is 1. The number of nitrogens with zero attached hydrogens (tertiary/aromatic N) is 4. The maximum absolute atomic E-state index is 13.7. The Morgan fingerprint density at radius 3 is 2.50 bits per heavy atom. The average Bonchev–Trinajstić information content (AvgIpc) is 2.89. The highest BCUT2D eigenvalue weighted by atomic mass is 16.2. The van der Waals surface area contributed by atoms with E-state index >= 15 is 0 Å². The van der Waals surface area contributed by atoms with E-state index < -0.39 is 0 Å². The molecule has 7 rings (SSSR count). The van der Waals surface area contributed by atoms with Crippen molar-refractivity contribution >= 4 is 5.91 Å². The van der Waals surface area contributed by atoms with Gasteiger partial charge >= 0.3 is 0 Å². The molecule has 1 N–H and O–H groups in total. The summed E-state index contributed by atoms with van der Waals surface area (Å²) >= 11 is 0. The minimum Gasteiger partial charge on any atom is -0.347 e. The standard InChI is InChI=1S/C24H31N5O/c1-27-21(19-9-5-6-10-20(19)26-27)23(30)25-22-17-13-28-11-12-29(14-17)16-24(22,15-28)18-7-3-2-4-8-18/h2-4,7-8,17,22H,5-6,9-16H2,1H3,(H,25,30). The van der Waals surface area contributed by atoms with Gasteiger partial charge in [-0.3, -0.25) is 9.48 Å². The van der Waals surface area contributed by atoms with E-state index in [1.165, 1.54) is 17.5 Å². The van der Waals surface area contributed by atoms with E-state index in [0.717, 1.165) is 69.9 Å². The zero-order valence-electron chi connectivity index (χ0n) is 17.8. The van der Waals surface area contributed by atoms with E-state index in [4.69, 9.17) is 0 Å². The van der Waals surface area contributed by atoms with Crippen LogP contribution < -0.4 is 5.32 Å². The molecule has 6 nitrogen and oxygen atoms in total. The minimum absolute atomic E-state index is 0.0484. The van der Waals surface area contributed by atoms with Crippen molar-refractivity contribution in [3.8, 4) is 0 Å². The number of carbonyl (C=O) groups is 1. The molecule has 2 aromatic rings. The number of aryl methyl sites for hydroxylation is 2. The van der Waals surface area contributed by atoms with Crippen LogP contribution in [0.1, 0.15) is 40.2 Å². The van der Waals surface area contributed by atoms with Crippen LogP contribution in [0.5, 0.6) is 0 Å². The third kappa shape index (κ3) is 2.77. The van der Waals surface area contributed by atoms with Crippen LogP contribution in [-0.2, 0) is 25.3 Å². The first-order valence-electron chi connectivity index (χ1n) is 11.5. The molecule has 4 bridgehead atoms. The highest BCUT2D eigenvalue weighted by Gasteiger charge is 2.55. The lowest BCUT2D eigenvalue weighted by molar-refractivity contribution is 0.0178. The number of benzene rings is 1. The molecule has 30 heavy (non-hydrogen) atoms. The molecular weight excluding hydrogens is 374 g/mol. The molecule has 4 aliphatic heterocycles. The van der Waals surface area contributed by atoms with Crippen molar-refractivity contribution in [1.82, 2.24) is 24.9 Å². The summed E-state index contributed by atoms with van der Waals surface area (Å²) in [6.45, 7) is 6.50. The van der Waals surface area contributed by atoms with E-state index in [2.05, 4.69) is 50.5 Å². The SMILES string of the molecule is Cn1nc2c(c1C(=O)NC1C3CN4CCN(C3)CC1(c1ccccc1)C4)CCCC2. The normalized spacial score (nSPS) is 34.4. The Morgan fingerprint density at radius 1 is 1.07 bits per heavy atom. The maximum atomic E-state index is 13.7. The lowest BCUT2D eigenvalue weighted by atomic mass is 9.64. The average molecular weight is 406 g/mol. The van der Waals surface area contributed by atoms with E-state index in [1.807, 2.05) is 11.7 Å². The largest absolute Gasteiger partial charge is 0.347 e. The van der Waals surface area contributed by atoms with E-state index in [-0.39, 0.29) is 17.4 Å². The van der Waals surface area contributed by atoms with Crippen LogP contribution in [0.15, 0.2) is 30.3 Å². The first kappa shape index (κ1) is 18.6. The van der Waals surface area contributed by atoms with Crippen LogP contribution in [0.4, 0.5) is 0 Å². The van der Waals surface area contributed by atoms with Gasteiger partial charge in [0.05, 0.1) is 5.69 Å². The summed E-state index contributed by atoms with van der Waals surface area (Å²) < 4.78 is 1.83. The summed E-state index contributed by atoms with van der Waals surface area (Å²) in [7, 11) is 1.93. The van der Waals surface area contributed by atoms with Crippen molar-refractivity contribution in [2.75, 3.05) is 39.3 Å². The van der Waals surface area contributed by atoms with E-state index in [9.17, 15) is 4.79 Å². The van der Waals surface area contributed by atoms with Gasteiger partial charge in [-0.2, -0.15) is 5.10 Å². The fourth-order valence-corrected chi connectivity index (χ4v) is 6.74. The monoisotopic (exact) mass is 405 g/mol. The topological polar surface area (TPSA) is 53.4 Å². The van der Waals surface area contributed by atoms with Crippen LogP contribution in [-0.4, -0.2) is 70.8 Å². The molecule has 1 aromatic carbocycles. The van der Waals surface area contributed by atoms with Crippen LogP contribution in [0, 0.1) is 5.92 Å². The van der Waals surface area contributed by atoms with Crippen LogP contribution in [0.3, 0.4) is 0 Å². The van der Waals surface area contributed by atoms with Crippen molar-refractivity contribution < 1.29 is 4.79 Å². The van der Waals surface area contributed by atoms with Gasteiger partial charge in [0.25, 0.3) is 5.91 Å². The molecule has 158 valence electrons. The van der Waals surface area contributed by atoms with Gasteiger partial charge in [-0.05, 0) is 31.2 Å². The van der Waals surface area contributed by atoms with Gasteiger partial charge in [0.1, 0.15) is 5.69 Å². The number of rotatable bonds is 3. The second-order valence-corrected chi connectivity index (χ2v) is 9.81. The molecule has 1 aliphatic carbocycles. The van der Waals surface area contributed by atoms with Gasteiger partial charge in [-0.25, -0.2) is 0 Å². The maximum Gasteiger partial charge on any atom is 0.270 e. The lowest BCUT2D eigenvalue weighted by Gasteiger charge is -2.55. The Balaban J connectivity index is 1.38. The summed E-state index contributed by atoms with van der Waals surface area (Å²) in [5, 5.41) is 8.26. The summed E-state index contributed by atoms with van der Waals surface area (Å²) in [6, 6.07) is 11.1. The lowest BCUT2D eigenvalue weighted by Crippen LogP contribution is -2.70. The number of fused-ring (bicyclic) bond motifs is 2. The van der Waals surface area contributed by atoms with Crippen molar-refractivity contribution in [1.29, 1.82) is 0 Å². The predicted molar refractivity (Wildman–Crippen MR) is 116 cm³/mol. The second kappa shape index (κ2) is 6.92. The molecule has 5 heterocycles. The number of aromatic nitrogens is 2. The van der Waals surface area contributed by atoms with E-state index in [0.29, 0.717) is 5.92 Å². The Bertz CT molecular complexity index is 951. The molecule has 4 fully saturated rings. The van der Waals surface area contributed by atoms with Gasteiger partial charge in [0.15, 0.2) is 0 Å². The Labute approximate surface area is 178 Å². The molecule has 1 aromatic heterocycles. The number of hydrogen-bond donors (Lipinski definition) is 1. The zero-order valence-corrected chi connectivity index (χ0v) is 17.8. The fraction of sp³-hybridized carbons (Fsp3) is 0.583. The van der Waals surface area contributed by atoms with Gasteiger partial charge in [-0.15, -0.1) is 0 Å². The first-order chi connectivity index (χ1) is 14.6. The number of nitrogens with one attached hydrogen (secondary N) is 1. The Kier molecular flexibility index (Phi) is 4.29. The predicted octanol–water partition coefficient (Wildman–Crippen LogP) is 1.60.